The SMILES string of the molecule is CCCCCS(=O)(=O)O[n+]1ccccc1. The molecule has 0 bridgehead atoms. The van der Waals surface area contributed by atoms with E-state index in [1.165, 1.54) is 4.73 Å². The third-order valence-electron chi connectivity index (χ3n) is 1.89. The van der Waals surface area contributed by atoms with Crippen LogP contribution in [-0.4, -0.2) is 14.2 Å². The van der Waals surface area contributed by atoms with Crippen LogP contribution in [0.5, 0.6) is 0 Å². The second kappa shape index (κ2) is 5.70. The van der Waals surface area contributed by atoms with E-state index in [1.54, 1.807) is 30.6 Å². The maximum atomic E-state index is 11.4. The number of pyridine rings is 1. The molecule has 0 amide bonds. The van der Waals surface area contributed by atoms with E-state index >= 15 is 0 Å². The van der Waals surface area contributed by atoms with Gasteiger partial charge >= 0.3 is 10.1 Å². The number of nitrogens with zero attached hydrogens (tertiary/aromatic N) is 1. The Morgan fingerprint density at radius 3 is 2.40 bits per heavy atom. The fourth-order valence-electron chi connectivity index (χ4n) is 1.13. The molecule has 0 saturated heterocycles. The van der Waals surface area contributed by atoms with Crippen molar-refractivity contribution in [2.24, 2.45) is 0 Å². The van der Waals surface area contributed by atoms with Crippen LogP contribution in [0.1, 0.15) is 26.2 Å². The van der Waals surface area contributed by atoms with Crippen LogP contribution in [0.2, 0.25) is 0 Å². The average Bonchev–Trinajstić information content (AvgIpc) is 2.18. The molecule has 0 aromatic carbocycles. The first-order valence-corrected chi connectivity index (χ1v) is 6.61. The van der Waals surface area contributed by atoms with Gasteiger partial charge in [-0.05, 0) is 6.42 Å². The summed E-state index contributed by atoms with van der Waals surface area (Å²) in [6.07, 6.45) is 5.65. The van der Waals surface area contributed by atoms with E-state index in [4.69, 9.17) is 4.28 Å². The number of hydrogen-bond acceptors (Lipinski definition) is 3. The van der Waals surface area contributed by atoms with Crippen molar-refractivity contribution >= 4 is 10.1 Å². The first-order valence-electron chi connectivity index (χ1n) is 5.03. The molecule has 0 saturated carbocycles. The van der Waals surface area contributed by atoms with Gasteiger partial charge in [0, 0.05) is 16.9 Å². The van der Waals surface area contributed by atoms with Crippen LogP contribution in [0.4, 0.5) is 0 Å². The summed E-state index contributed by atoms with van der Waals surface area (Å²) in [6.45, 7) is 2.03. The van der Waals surface area contributed by atoms with Gasteiger partial charge in [0.15, 0.2) is 0 Å². The quantitative estimate of drug-likeness (QED) is 0.539. The molecule has 1 heterocycles. The Labute approximate surface area is 90.6 Å². The molecule has 0 spiro atoms. The summed E-state index contributed by atoms with van der Waals surface area (Å²) < 4.78 is 28.9. The zero-order valence-corrected chi connectivity index (χ0v) is 9.61. The summed E-state index contributed by atoms with van der Waals surface area (Å²) in [5.74, 6) is 0.0722. The van der Waals surface area contributed by atoms with Crippen molar-refractivity contribution in [1.29, 1.82) is 0 Å². The van der Waals surface area contributed by atoms with Gasteiger partial charge in [0.2, 0.25) is 12.4 Å². The van der Waals surface area contributed by atoms with Crippen LogP contribution in [0, 0.1) is 0 Å². The van der Waals surface area contributed by atoms with Crippen molar-refractivity contribution in [3.63, 3.8) is 0 Å². The molecule has 0 aliphatic carbocycles. The molecule has 0 N–H and O–H groups in total. The summed E-state index contributed by atoms with van der Waals surface area (Å²) in [4.78, 5) is 0. The van der Waals surface area contributed by atoms with E-state index < -0.39 is 10.1 Å². The Balaban J connectivity index is 2.50. The summed E-state index contributed by atoms with van der Waals surface area (Å²) in [5.41, 5.74) is 0. The van der Waals surface area contributed by atoms with Crippen LogP contribution in [0.25, 0.3) is 0 Å². The van der Waals surface area contributed by atoms with Crippen LogP contribution < -0.4 is 9.01 Å². The molecule has 1 aromatic heterocycles. The fourth-order valence-corrected chi connectivity index (χ4v) is 2.12. The highest BCUT2D eigenvalue weighted by Gasteiger charge is 2.17. The van der Waals surface area contributed by atoms with E-state index in [0.29, 0.717) is 6.42 Å². The Morgan fingerprint density at radius 2 is 1.80 bits per heavy atom. The van der Waals surface area contributed by atoms with Gasteiger partial charge in [0.1, 0.15) is 0 Å². The Kier molecular flexibility index (Phi) is 4.55. The summed E-state index contributed by atoms with van der Waals surface area (Å²) in [7, 11) is -3.44. The van der Waals surface area contributed by atoms with Gasteiger partial charge in [-0.15, -0.1) is 4.28 Å². The Bertz CT molecular complexity index is 375. The van der Waals surface area contributed by atoms with Crippen molar-refractivity contribution in [3.8, 4) is 0 Å². The molecule has 0 radical (unpaired) electrons. The topological polar surface area (TPSA) is 47.3 Å². The summed E-state index contributed by atoms with van der Waals surface area (Å²) in [6, 6.07) is 5.21. The molecule has 1 aromatic rings. The van der Waals surface area contributed by atoms with Gasteiger partial charge < -0.3 is 0 Å². The largest absolute Gasteiger partial charge is 0.367 e. The highest BCUT2D eigenvalue weighted by atomic mass is 32.2. The predicted octanol–water partition coefficient (Wildman–Crippen LogP) is 0.923. The number of unbranched alkanes of at least 4 members (excludes halogenated alkanes) is 2. The van der Waals surface area contributed by atoms with Crippen molar-refractivity contribution < 1.29 is 17.4 Å². The van der Waals surface area contributed by atoms with E-state index in [-0.39, 0.29) is 5.75 Å². The lowest BCUT2D eigenvalue weighted by atomic mass is 10.3. The van der Waals surface area contributed by atoms with Gasteiger partial charge in [-0.1, -0.05) is 25.8 Å². The standard InChI is InChI=1S/C10H16NO3S/c1-2-3-7-10-15(12,13)14-11-8-5-4-6-9-11/h4-6,8-9H,2-3,7,10H2,1H3/q+1. The van der Waals surface area contributed by atoms with E-state index in [0.717, 1.165) is 12.8 Å². The third kappa shape index (κ3) is 4.78. The first-order chi connectivity index (χ1) is 7.14. The molecule has 0 unspecified atom stereocenters. The zero-order valence-electron chi connectivity index (χ0n) is 8.80. The van der Waals surface area contributed by atoms with Gasteiger partial charge in [-0.2, -0.15) is 8.42 Å². The van der Waals surface area contributed by atoms with Crippen molar-refractivity contribution in [3.05, 3.63) is 30.6 Å². The predicted molar refractivity (Wildman–Crippen MR) is 56.5 cm³/mol. The summed E-state index contributed by atoms with van der Waals surface area (Å²) >= 11 is 0. The minimum absolute atomic E-state index is 0.0722. The fraction of sp³-hybridized carbons (Fsp3) is 0.500. The van der Waals surface area contributed by atoms with Crippen LogP contribution in [0.15, 0.2) is 30.6 Å². The molecule has 0 atom stereocenters. The second-order valence-corrected chi connectivity index (χ2v) is 4.95. The minimum Gasteiger partial charge on any atom is -0.181 e. The lowest BCUT2D eigenvalue weighted by Gasteiger charge is -1.99. The maximum Gasteiger partial charge on any atom is 0.367 e. The zero-order chi connectivity index (χ0) is 11.1. The minimum atomic E-state index is -3.44. The van der Waals surface area contributed by atoms with E-state index in [1.807, 2.05) is 6.92 Å². The molecule has 1 rings (SSSR count). The molecule has 0 aliphatic heterocycles. The van der Waals surface area contributed by atoms with Gasteiger partial charge in [0.25, 0.3) is 0 Å². The maximum absolute atomic E-state index is 11.4. The normalized spacial score (nSPS) is 11.3. The first kappa shape index (κ1) is 12.0. The third-order valence-corrected chi connectivity index (χ3v) is 3.07. The van der Waals surface area contributed by atoms with E-state index in [2.05, 4.69) is 0 Å². The van der Waals surface area contributed by atoms with Crippen molar-refractivity contribution in [2.75, 3.05) is 5.75 Å². The second-order valence-electron chi connectivity index (χ2n) is 3.28. The van der Waals surface area contributed by atoms with Gasteiger partial charge in [-0.25, -0.2) is 0 Å². The monoisotopic (exact) mass is 230 g/mol. The van der Waals surface area contributed by atoms with Gasteiger partial charge in [0.05, 0.1) is 5.75 Å². The molecule has 0 aliphatic rings. The van der Waals surface area contributed by atoms with Crippen LogP contribution in [0.3, 0.4) is 0 Å². The molecule has 15 heavy (non-hydrogen) atoms. The lowest BCUT2D eigenvalue weighted by molar-refractivity contribution is -0.856. The van der Waals surface area contributed by atoms with Crippen molar-refractivity contribution in [1.82, 2.24) is 0 Å². The highest BCUT2D eigenvalue weighted by Crippen LogP contribution is 1.97. The number of aromatic nitrogens is 1. The summed E-state index contributed by atoms with van der Waals surface area (Å²) in [5, 5.41) is 0. The van der Waals surface area contributed by atoms with Gasteiger partial charge in [-0.3, -0.25) is 0 Å². The van der Waals surface area contributed by atoms with Crippen LogP contribution in [-0.2, 0) is 10.1 Å². The number of rotatable bonds is 6. The van der Waals surface area contributed by atoms with Crippen molar-refractivity contribution in [2.45, 2.75) is 26.2 Å². The molecule has 84 valence electrons. The Hall–Kier alpha value is -1.10. The van der Waals surface area contributed by atoms with Crippen LogP contribution >= 0.6 is 0 Å². The molecular formula is C10H16NO3S+. The average molecular weight is 230 g/mol. The number of hydrogen-bond donors (Lipinski definition) is 0. The smallest absolute Gasteiger partial charge is 0.181 e. The molecule has 4 nitrogen and oxygen atoms in total. The lowest BCUT2D eigenvalue weighted by Crippen LogP contribution is -2.45. The van der Waals surface area contributed by atoms with E-state index in [9.17, 15) is 8.42 Å². The molecule has 0 fully saturated rings. The molecule has 5 heteroatoms. The molecular weight excluding hydrogens is 214 g/mol. The Morgan fingerprint density at radius 1 is 1.13 bits per heavy atom. The highest BCUT2D eigenvalue weighted by molar-refractivity contribution is 7.86.